The van der Waals surface area contributed by atoms with Gasteiger partial charge in [-0.25, -0.2) is 14.2 Å². The number of rotatable bonds is 4. The van der Waals surface area contributed by atoms with Crippen molar-refractivity contribution in [2.75, 3.05) is 0 Å². The van der Waals surface area contributed by atoms with Crippen molar-refractivity contribution in [1.82, 2.24) is 30.4 Å². The molecule has 4 aromatic rings. The molecule has 5 rings (SSSR count). The lowest BCUT2D eigenvalue weighted by molar-refractivity contribution is 0.624. The zero-order chi connectivity index (χ0) is 17.6. The second-order valence-electron chi connectivity index (χ2n) is 6.47. The first-order chi connectivity index (χ1) is 12.7. The van der Waals surface area contributed by atoms with Crippen LogP contribution < -0.4 is 0 Å². The van der Waals surface area contributed by atoms with Crippen molar-refractivity contribution < 1.29 is 4.39 Å². The molecule has 1 aliphatic rings. The van der Waals surface area contributed by atoms with Gasteiger partial charge in [-0.2, -0.15) is 5.10 Å². The Bertz CT molecular complexity index is 1030. The average molecular weight is 345 g/mol. The lowest BCUT2D eigenvalue weighted by Crippen LogP contribution is -2.10. The third-order valence-electron chi connectivity index (χ3n) is 4.93. The van der Waals surface area contributed by atoms with Crippen LogP contribution in [0.25, 0.3) is 16.8 Å². The van der Waals surface area contributed by atoms with E-state index in [1.54, 1.807) is 0 Å². The van der Waals surface area contributed by atoms with Crippen LogP contribution in [0.4, 0.5) is 4.39 Å². The summed E-state index contributed by atoms with van der Waals surface area (Å²) in [5.41, 5.74) is 4.12. The van der Waals surface area contributed by atoms with Crippen LogP contribution in [-0.2, 0) is 5.41 Å². The lowest BCUT2D eigenvalue weighted by atomic mass is 9.93. The van der Waals surface area contributed by atoms with E-state index in [1.807, 2.05) is 24.3 Å². The quantitative estimate of drug-likeness (QED) is 0.617. The molecule has 0 amide bonds. The summed E-state index contributed by atoms with van der Waals surface area (Å²) in [6.45, 7) is 0. The number of aromatic amines is 1. The number of halogens is 1. The molecule has 0 unspecified atom stereocenters. The topological polar surface area (TPSA) is 72.3 Å². The van der Waals surface area contributed by atoms with Crippen LogP contribution in [0.3, 0.4) is 0 Å². The fraction of sp³-hybridized carbons (Fsp3) is 0.158. The van der Waals surface area contributed by atoms with Gasteiger partial charge in [-0.3, -0.25) is 0 Å². The molecule has 2 aromatic carbocycles. The molecule has 0 atom stereocenters. The minimum atomic E-state index is -0.472. The van der Waals surface area contributed by atoms with Gasteiger partial charge in [-0.15, -0.1) is 5.10 Å². The first kappa shape index (κ1) is 14.9. The molecule has 6 nitrogen and oxygen atoms in total. The number of aromatic nitrogens is 6. The Morgan fingerprint density at radius 2 is 1.69 bits per heavy atom. The fourth-order valence-corrected chi connectivity index (χ4v) is 3.32. The molecule has 2 heterocycles. The number of H-pyrrole nitrogens is 1. The van der Waals surface area contributed by atoms with Gasteiger partial charge in [0.2, 0.25) is 0 Å². The average Bonchev–Trinajstić information content (AvgIpc) is 3.09. The minimum Gasteiger partial charge on any atom is -0.242 e. The Morgan fingerprint density at radius 3 is 2.23 bits per heavy atom. The van der Waals surface area contributed by atoms with E-state index in [2.05, 4.69) is 56.2 Å². The van der Waals surface area contributed by atoms with Gasteiger partial charge in [0.25, 0.3) is 0 Å². The highest BCUT2D eigenvalue weighted by Crippen LogP contribution is 2.52. The second kappa shape index (κ2) is 5.59. The van der Waals surface area contributed by atoms with Crippen LogP contribution in [0.15, 0.2) is 54.7 Å². The van der Waals surface area contributed by atoms with Crippen LogP contribution in [0, 0.1) is 12.0 Å². The summed E-state index contributed by atoms with van der Waals surface area (Å²) in [5, 5.41) is 18.3. The van der Waals surface area contributed by atoms with Crippen molar-refractivity contribution in [2.45, 2.75) is 18.3 Å². The van der Waals surface area contributed by atoms with E-state index < -0.39 is 5.82 Å². The summed E-state index contributed by atoms with van der Waals surface area (Å²) in [7, 11) is 0. The van der Waals surface area contributed by atoms with Crippen LogP contribution in [-0.4, -0.2) is 30.4 Å². The third-order valence-corrected chi connectivity index (χ3v) is 4.93. The summed E-state index contributed by atoms with van der Waals surface area (Å²) < 4.78 is 14.4. The first-order valence-corrected chi connectivity index (χ1v) is 8.33. The molecular formula is C19H14FN6. The van der Waals surface area contributed by atoms with Crippen LogP contribution >= 0.6 is 0 Å². The highest BCUT2D eigenvalue weighted by Gasteiger charge is 2.49. The molecule has 0 bridgehead atoms. The van der Waals surface area contributed by atoms with E-state index in [-0.39, 0.29) is 5.41 Å². The molecule has 0 saturated heterocycles. The Labute approximate surface area is 148 Å². The number of nitrogens with one attached hydrogen (secondary N) is 1. The highest BCUT2D eigenvalue weighted by atomic mass is 19.1. The molecule has 0 aliphatic heterocycles. The summed E-state index contributed by atoms with van der Waals surface area (Å²) in [4.78, 5) is 0. The predicted octanol–water partition coefficient (Wildman–Crippen LogP) is 3.07. The van der Waals surface area contributed by atoms with Gasteiger partial charge in [0.05, 0.1) is 17.3 Å². The van der Waals surface area contributed by atoms with E-state index in [0.717, 1.165) is 41.7 Å². The molecule has 26 heavy (non-hydrogen) atoms. The van der Waals surface area contributed by atoms with E-state index >= 15 is 0 Å². The number of hydrogen-bond donors (Lipinski definition) is 1. The van der Waals surface area contributed by atoms with Crippen molar-refractivity contribution in [3.8, 4) is 16.8 Å². The standard InChI is InChI=1S/C19H14FN6/c20-16-11-21-26(12-16)17-7-3-14(4-8-17)13-1-5-15(6-2-13)19(9-10-19)18-22-24-25-23-18/h1-8,11H,9-10H2,(H,22,23,24,25). The van der Waals surface area contributed by atoms with Crippen LogP contribution in [0.2, 0.25) is 0 Å². The van der Waals surface area contributed by atoms with Crippen LogP contribution in [0.5, 0.6) is 0 Å². The molecule has 7 heteroatoms. The highest BCUT2D eigenvalue weighted by molar-refractivity contribution is 5.65. The van der Waals surface area contributed by atoms with Gasteiger partial charge in [0.1, 0.15) is 6.20 Å². The molecule has 127 valence electrons. The van der Waals surface area contributed by atoms with Crippen molar-refractivity contribution in [1.29, 1.82) is 0 Å². The van der Waals surface area contributed by atoms with Crippen molar-refractivity contribution >= 4 is 0 Å². The summed E-state index contributed by atoms with van der Waals surface area (Å²) in [6, 6.07) is 16.3. The first-order valence-electron chi connectivity index (χ1n) is 8.33. The largest absolute Gasteiger partial charge is 0.242 e. The van der Waals surface area contributed by atoms with Crippen molar-refractivity contribution in [2.24, 2.45) is 0 Å². The molecular weight excluding hydrogens is 331 g/mol. The predicted molar refractivity (Wildman–Crippen MR) is 92.0 cm³/mol. The normalized spacial score (nSPS) is 15.1. The lowest BCUT2D eigenvalue weighted by Gasteiger charge is -2.12. The van der Waals surface area contributed by atoms with Crippen LogP contribution in [0.1, 0.15) is 24.2 Å². The minimum absolute atomic E-state index is 0.0636. The molecule has 0 spiro atoms. The Morgan fingerprint density at radius 1 is 1.00 bits per heavy atom. The maximum atomic E-state index is 13.0. The van der Waals surface area contributed by atoms with Crippen molar-refractivity contribution in [3.63, 3.8) is 0 Å². The second-order valence-corrected chi connectivity index (χ2v) is 6.47. The van der Waals surface area contributed by atoms with Gasteiger partial charge in [0.15, 0.2) is 11.6 Å². The molecule has 1 aliphatic carbocycles. The van der Waals surface area contributed by atoms with Gasteiger partial charge in [-0.1, -0.05) is 36.4 Å². The third kappa shape index (κ3) is 2.40. The fourth-order valence-electron chi connectivity index (χ4n) is 3.32. The molecule has 1 radical (unpaired) electrons. The van der Waals surface area contributed by atoms with Gasteiger partial charge in [0, 0.05) is 0 Å². The number of nitrogens with zero attached hydrogens (tertiary/aromatic N) is 5. The Hall–Kier alpha value is -3.35. The van der Waals surface area contributed by atoms with E-state index in [9.17, 15) is 4.39 Å². The summed E-state index contributed by atoms with van der Waals surface area (Å²) >= 11 is 0. The summed E-state index contributed by atoms with van der Waals surface area (Å²) in [5.74, 6) is 0.359. The van der Waals surface area contributed by atoms with E-state index in [1.165, 1.54) is 10.2 Å². The van der Waals surface area contributed by atoms with E-state index in [4.69, 9.17) is 0 Å². The zero-order valence-electron chi connectivity index (χ0n) is 13.7. The Balaban J connectivity index is 1.41. The SMILES string of the molecule is Fc1[c]n(-c2ccc(-c3ccc(C4(c5nnn[nH]5)CC4)cc3)cc2)nc1. The maximum absolute atomic E-state index is 13.0. The summed E-state index contributed by atoms with van der Waals surface area (Å²) in [6.07, 6.45) is 5.76. The van der Waals surface area contributed by atoms with Gasteiger partial charge in [-0.05, 0) is 52.1 Å². The molecule has 1 fully saturated rings. The number of hydrogen-bond acceptors (Lipinski definition) is 4. The monoisotopic (exact) mass is 345 g/mol. The molecule has 1 saturated carbocycles. The van der Waals surface area contributed by atoms with Crippen molar-refractivity contribution in [3.05, 3.63) is 78.1 Å². The Kier molecular flexibility index (Phi) is 3.21. The maximum Gasteiger partial charge on any atom is 0.171 e. The molecule has 2 aromatic heterocycles. The smallest absolute Gasteiger partial charge is 0.171 e. The number of tetrazole rings is 1. The zero-order valence-corrected chi connectivity index (χ0v) is 13.7. The molecule has 1 N–H and O–H groups in total. The van der Waals surface area contributed by atoms with Gasteiger partial charge < -0.3 is 0 Å². The van der Waals surface area contributed by atoms with Gasteiger partial charge >= 0.3 is 0 Å². The van der Waals surface area contributed by atoms with E-state index in [0.29, 0.717) is 0 Å². The number of benzene rings is 2.